The van der Waals surface area contributed by atoms with Crippen molar-refractivity contribution in [2.75, 3.05) is 0 Å². The van der Waals surface area contributed by atoms with Crippen molar-refractivity contribution in [2.45, 2.75) is 45.2 Å². The van der Waals surface area contributed by atoms with Crippen LogP contribution in [0.15, 0.2) is 12.7 Å². The van der Waals surface area contributed by atoms with E-state index in [0.29, 0.717) is 11.8 Å². The van der Waals surface area contributed by atoms with Crippen LogP contribution >= 0.6 is 0 Å². The summed E-state index contributed by atoms with van der Waals surface area (Å²) in [7, 11) is 0. The van der Waals surface area contributed by atoms with E-state index in [1.165, 1.54) is 12.8 Å². The summed E-state index contributed by atoms with van der Waals surface area (Å²) in [5, 5.41) is 0. The second-order valence-corrected chi connectivity index (χ2v) is 4.07. The zero-order chi connectivity index (χ0) is 8.97. The molecule has 0 aromatic carbocycles. The minimum Gasteiger partial charge on any atom is -0.247 e. The van der Waals surface area contributed by atoms with Crippen LogP contribution < -0.4 is 0 Å². The molecule has 12 heavy (non-hydrogen) atoms. The smallest absolute Gasteiger partial charge is 0.100 e. The molecule has 3 atom stereocenters. The third-order valence-electron chi connectivity index (χ3n) is 2.91. The maximum Gasteiger partial charge on any atom is 0.100 e. The molecule has 70 valence electrons. The molecule has 1 aliphatic carbocycles. The molecule has 0 heterocycles. The van der Waals surface area contributed by atoms with Crippen molar-refractivity contribution in [2.24, 2.45) is 11.8 Å². The van der Waals surface area contributed by atoms with E-state index in [9.17, 15) is 4.39 Å². The average molecular weight is 170 g/mol. The summed E-state index contributed by atoms with van der Waals surface area (Å²) < 4.78 is 12.8. The lowest BCUT2D eigenvalue weighted by atomic mass is 9.96. The van der Waals surface area contributed by atoms with Gasteiger partial charge in [0.1, 0.15) is 6.17 Å². The summed E-state index contributed by atoms with van der Waals surface area (Å²) in [6, 6.07) is 0. The molecule has 0 nitrogen and oxygen atoms in total. The minimum atomic E-state index is -0.506. The Hall–Kier alpha value is -0.330. The first-order valence-electron chi connectivity index (χ1n) is 4.99. The van der Waals surface area contributed by atoms with Gasteiger partial charge in [-0.1, -0.05) is 13.0 Å². The molecule has 0 aromatic rings. The van der Waals surface area contributed by atoms with Gasteiger partial charge in [0.05, 0.1) is 0 Å². The van der Waals surface area contributed by atoms with Crippen molar-refractivity contribution in [1.29, 1.82) is 0 Å². The second kappa shape index (κ2) is 4.64. The number of hydrogen-bond donors (Lipinski definition) is 0. The lowest BCUT2D eigenvalue weighted by Crippen LogP contribution is -1.99. The lowest BCUT2D eigenvalue weighted by molar-refractivity contribution is 0.324. The summed E-state index contributed by atoms with van der Waals surface area (Å²) in [4.78, 5) is 0. The molecule has 1 unspecified atom stereocenters. The van der Waals surface area contributed by atoms with E-state index in [4.69, 9.17) is 0 Å². The van der Waals surface area contributed by atoms with Gasteiger partial charge in [-0.25, -0.2) is 4.39 Å². The molecule has 0 aliphatic heterocycles. The predicted octanol–water partition coefficient (Wildman–Crippen LogP) is 3.73. The van der Waals surface area contributed by atoms with E-state index in [1.54, 1.807) is 0 Å². The minimum absolute atomic E-state index is 0.506. The van der Waals surface area contributed by atoms with Gasteiger partial charge in [0, 0.05) is 0 Å². The Labute approximate surface area is 74.9 Å². The zero-order valence-corrected chi connectivity index (χ0v) is 7.93. The first kappa shape index (κ1) is 9.76. The number of halogens is 1. The second-order valence-electron chi connectivity index (χ2n) is 4.07. The van der Waals surface area contributed by atoms with Gasteiger partial charge in [-0.15, -0.1) is 6.58 Å². The first-order chi connectivity index (χ1) is 5.72. The van der Waals surface area contributed by atoms with Crippen molar-refractivity contribution >= 4 is 0 Å². The number of alkyl halides is 1. The Morgan fingerprint density at radius 2 is 2.33 bits per heavy atom. The fraction of sp³-hybridized carbons (Fsp3) is 0.818. The maximum absolute atomic E-state index is 12.8. The fourth-order valence-electron chi connectivity index (χ4n) is 1.89. The van der Waals surface area contributed by atoms with Gasteiger partial charge in [0.2, 0.25) is 0 Å². The van der Waals surface area contributed by atoms with E-state index >= 15 is 0 Å². The van der Waals surface area contributed by atoms with E-state index in [-0.39, 0.29) is 0 Å². The third-order valence-corrected chi connectivity index (χ3v) is 2.91. The van der Waals surface area contributed by atoms with E-state index in [1.807, 2.05) is 6.08 Å². The topological polar surface area (TPSA) is 0 Å². The molecule has 1 rings (SSSR count). The van der Waals surface area contributed by atoms with Gasteiger partial charge in [0.25, 0.3) is 0 Å². The molecular formula is C11H19F. The highest BCUT2D eigenvalue weighted by molar-refractivity contribution is 4.79. The van der Waals surface area contributed by atoms with Gasteiger partial charge >= 0.3 is 0 Å². The van der Waals surface area contributed by atoms with Crippen LogP contribution in [0.4, 0.5) is 4.39 Å². The molecule has 1 fully saturated rings. The summed E-state index contributed by atoms with van der Waals surface area (Å²) in [5.74, 6) is 1.26. The molecular weight excluding hydrogens is 151 g/mol. The number of allylic oxidation sites excluding steroid dienone is 1. The van der Waals surface area contributed by atoms with Crippen LogP contribution in [0, 0.1) is 11.8 Å². The van der Waals surface area contributed by atoms with E-state index < -0.39 is 6.17 Å². The first-order valence-corrected chi connectivity index (χ1v) is 4.99. The van der Waals surface area contributed by atoms with Gasteiger partial charge in [-0.05, 0) is 43.9 Å². The molecule has 0 aromatic heterocycles. The number of hydrogen-bond acceptors (Lipinski definition) is 0. The molecule has 0 N–H and O–H groups in total. The molecule has 0 saturated heterocycles. The Morgan fingerprint density at radius 3 is 2.83 bits per heavy atom. The van der Waals surface area contributed by atoms with Crippen LogP contribution in [0.5, 0.6) is 0 Å². The SMILES string of the molecule is C=C[C@H](C)CCC1CC[C@@H](F)C1. The highest BCUT2D eigenvalue weighted by Gasteiger charge is 2.23. The fourth-order valence-corrected chi connectivity index (χ4v) is 1.89. The van der Waals surface area contributed by atoms with Crippen LogP contribution in [-0.2, 0) is 0 Å². The Morgan fingerprint density at radius 1 is 1.58 bits per heavy atom. The van der Waals surface area contributed by atoms with Gasteiger partial charge < -0.3 is 0 Å². The van der Waals surface area contributed by atoms with Gasteiger partial charge in [0.15, 0.2) is 0 Å². The van der Waals surface area contributed by atoms with Crippen molar-refractivity contribution in [1.82, 2.24) is 0 Å². The quantitative estimate of drug-likeness (QED) is 0.564. The normalized spacial score (nSPS) is 31.8. The van der Waals surface area contributed by atoms with Crippen LogP contribution in [0.3, 0.4) is 0 Å². The van der Waals surface area contributed by atoms with Crippen LogP contribution in [0.1, 0.15) is 39.0 Å². The number of rotatable bonds is 4. The summed E-state index contributed by atoms with van der Waals surface area (Å²) >= 11 is 0. The molecule has 0 amide bonds. The van der Waals surface area contributed by atoms with Crippen molar-refractivity contribution in [3.63, 3.8) is 0 Å². The van der Waals surface area contributed by atoms with Crippen molar-refractivity contribution < 1.29 is 4.39 Å². The molecule has 1 saturated carbocycles. The molecule has 0 bridgehead atoms. The Kier molecular flexibility index (Phi) is 3.77. The summed E-state index contributed by atoms with van der Waals surface area (Å²) in [5.41, 5.74) is 0. The highest BCUT2D eigenvalue weighted by Crippen LogP contribution is 2.32. The van der Waals surface area contributed by atoms with Gasteiger partial charge in [-0.2, -0.15) is 0 Å². The largest absolute Gasteiger partial charge is 0.247 e. The predicted molar refractivity (Wildman–Crippen MR) is 50.8 cm³/mol. The highest BCUT2D eigenvalue weighted by atomic mass is 19.1. The Bertz CT molecular complexity index is 142. The third kappa shape index (κ3) is 2.96. The van der Waals surface area contributed by atoms with Crippen LogP contribution in [0.25, 0.3) is 0 Å². The van der Waals surface area contributed by atoms with Gasteiger partial charge in [-0.3, -0.25) is 0 Å². The monoisotopic (exact) mass is 170 g/mol. The Balaban J connectivity index is 2.11. The zero-order valence-electron chi connectivity index (χ0n) is 7.93. The van der Waals surface area contributed by atoms with E-state index in [0.717, 1.165) is 19.3 Å². The standard InChI is InChI=1S/C11H19F/c1-3-9(2)4-5-10-6-7-11(12)8-10/h3,9-11H,1,4-8H2,2H3/t9-,10?,11+/m0/s1. The van der Waals surface area contributed by atoms with Crippen molar-refractivity contribution in [3.05, 3.63) is 12.7 Å². The van der Waals surface area contributed by atoms with Crippen LogP contribution in [0.2, 0.25) is 0 Å². The lowest BCUT2D eigenvalue weighted by Gasteiger charge is -2.10. The average Bonchev–Trinajstić information content (AvgIpc) is 2.47. The summed E-state index contributed by atoms with van der Waals surface area (Å²) in [6.45, 7) is 5.92. The van der Waals surface area contributed by atoms with E-state index in [2.05, 4.69) is 13.5 Å². The molecule has 1 heteroatoms. The maximum atomic E-state index is 12.8. The summed E-state index contributed by atoms with van der Waals surface area (Å²) in [6.07, 6.45) is 6.56. The van der Waals surface area contributed by atoms with Crippen molar-refractivity contribution in [3.8, 4) is 0 Å². The van der Waals surface area contributed by atoms with Crippen LogP contribution in [-0.4, -0.2) is 6.17 Å². The molecule has 0 spiro atoms. The molecule has 0 radical (unpaired) electrons. The molecule has 1 aliphatic rings.